The SMILES string of the molecule is N#Cc1cccc(NC(=S)N[C@H]2CO[C@H]3[C@@H]2OC[C@@H]3n2cc(-c3ccccc3)nn2)c1. The summed E-state index contributed by atoms with van der Waals surface area (Å²) in [5.74, 6) is 0. The summed E-state index contributed by atoms with van der Waals surface area (Å²) in [5, 5.41) is 24.5. The lowest BCUT2D eigenvalue weighted by Crippen LogP contribution is -2.45. The summed E-state index contributed by atoms with van der Waals surface area (Å²) >= 11 is 5.45. The lowest BCUT2D eigenvalue weighted by atomic mass is 10.1. The Morgan fingerprint density at radius 1 is 1.10 bits per heavy atom. The molecule has 2 fully saturated rings. The Kier molecular flexibility index (Phi) is 5.34. The zero-order chi connectivity index (χ0) is 21.2. The molecule has 0 unspecified atom stereocenters. The first-order valence-electron chi connectivity index (χ1n) is 9.99. The fraction of sp³-hybridized carbons (Fsp3) is 0.273. The molecule has 2 saturated heterocycles. The maximum Gasteiger partial charge on any atom is 0.171 e. The number of fused-ring (bicyclic) bond motifs is 1. The highest BCUT2D eigenvalue weighted by molar-refractivity contribution is 7.80. The Labute approximate surface area is 184 Å². The molecule has 0 amide bonds. The highest BCUT2D eigenvalue weighted by Gasteiger charge is 2.49. The molecule has 9 heteroatoms. The van der Waals surface area contributed by atoms with Gasteiger partial charge >= 0.3 is 0 Å². The van der Waals surface area contributed by atoms with Gasteiger partial charge in [-0.3, -0.25) is 0 Å². The standard InChI is InChI=1S/C22H20N6O2S/c23-10-14-5-4-8-16(9-14)24-22(31)25-18-12-29-21-19(13-30-20(18)21)28-11-17(26-27-28)15-6-2-1-3-7-15/h1-9,11,18-21H,12-13H2,(H2,24,25,31)/t18-,19-,20+,21+/m0/s1. The molecule has 4 atom stereocenters. The minimum Gasteiger partial charge on any atom is -0.371 e. The van der Waals surface area contributed by atoms with E-state index in [4.69, 9.17) is 27.0 Å². The Morgan fingerprint density at radius 2 is 1.94 bits per heavy atom. The highest BCUT2D eigenvalue weighted by Crippen LogP contribution is 2.34. The average Bonchev–Trinajstić information content (AvgIpc) is 3.52. The van der Waals surface area contributed by atoms with E-state index in [9.17, 15) is 0 Å². The summed E-state index contributed by atoms with van der Waals surface area (Å²) in [4.78, 5) is 0. The van der Waals surface area contributed by atoms with Crippen LogP contribution in [0.5, 0.6) is 0 Å². The van der Waals surface area contributed by atoms with Crippen molar-refractivity contribution in [2.24, 2.45) is 0 Å². The number of nitriles is 1. The van der Waals surface area contributed by atoms with Crippen LogP contribution in [0.4, 0.5) is 5.69 Å². The van der Waals surface area contributed by atoms with Crippen LogP contribution < -0.4 is 10.6 Å². The third-order valence-electron chi connectivity index (χ3n) is 5.51. The van der Waals surface area contributed by atoms with E-state index in [1.54, 1.807) is 12.1 Å². The van der Waals surface area contributed by atoms with Crippen molar-refractivity contribution in [3.8, 4) is 17.3 Å². The van der Waals surface area contributed by atoms with E-state index >= 15 is 0 Å². The van der Waals surface area contributed by atoms with Gasteiger partial charge in [-0.1, -0.05) is 41.6 Å². The van der Waals surface area contributed by atoms with Crippen LogP contribution in [0.2, 0.25) is 0 Å². The monoisotopic (exact) mass is 432 g/mol. The predicted octanol–water partition coefficient (Wildman–Crippen LogP) is 2.51. The first-order valence-corrected chi connectivity index (χ1v) is 10.4. The molecule has 0 spiro atoms. The zero-order valence-electron chi connectivity index (χ0n) is 16.5. The number of rotatable bonds is 4. The van der Waals surface area contributed by atoms with Crippen molar-refractivity contribution in [3.63, 3.8) is 0 Å². The van der Waals surface area contributed by atoms with Crippen LogP contribution in [0.3, 0.4) is 0 Å². The summed E-state index contributed by atoms with van der Waals surface area (Å²) in [5.41, 5.74) is 3.17. The maximum atomic E-state index is 9.04. The van der Waals surface area contributed by atoms with Gasteiger partial charge in [0.05, 0.1) is 37.1 Å². The van der Waals surface area contributed by atoms with Crippen LogP contribution in [0.25, 0.3) is 11.3 Å². The van der Waals surface area contributed by atoms with E-state index in [0.29, 0.717) is 23.9 Å². The van der Waals surface area contributed by atoms with Crippen LogP contribution in [-0.4, -0.2) is 51.6 Å². The van der Waals surface area contributed by atoms with Crippen molar-refractivity contribution in [3.05, 3.63) is 66.4 Å². The van der Waals surface area contributed by atoms with Crippen molar-refractivity contribution in [2.45, 2.75) is 24.3 Å². The number of nitrogens with zero attached hydrogens (tertiary/aromatic N) is 4. The molecule has 0 bridgehead atoms. The summed E-state index contributed by atoms with van der Waals surface area (Å²) in [6.07, 6.45) is 1.66. The first kappa shape index (κ1) is 19.6. The number of benzene rings is 2. The minimum atomic E-state index is -0.139. The average molecular weight is 433 g/mol. The third kappa shape index (κ3) is 4.01. The molecule has 0 radical (unpaired) electrons. The first-order chi connectivity index (χ1) is 15.2. The van der Waals surface area contributed by atoms with Gasteiger partial charge in [0.1, 0.15) is 23.9 Å². The Bertz CT molecular complexity index is 1130. The molecule has 2 aromatic carbocycles. The molecule has 3 heterocycles. The van der Waals surface area contributed by atoms with Gasteiger partial charge in [0.25, 0.3) is 0 Å². The number of thiocarbonyl (C=S) groups is 1. The number of hydrogen-bond donors (Lipinski definition) is 2. The van der Waals surface area contributed by atoms with E-state index in [-0.39, 0.29) is 24.3 Å². The van der Waals surface area contributed by atoms with E-state index < -0.39 is 0 Å². The molecule has 1 aromatic heterocycles. The fourth-order valence-electron chi connectivity index (χ4n) is 4.01. The molecule has 3 aromatic rings. The van der Waals surface area contributed by atoms with Crippen molar-refractivity contribution >= 4 is 23.0 Å². The van der Waals surface area contributed by atoms with Crippen molar-refractivity contribution < 1.29 is 9.47 Å². The molecule has 8 nitrogen and oxygen atoms in total. The van der Waals surface area contributed by atoms with Gasteiger partial charge in [-0.25, -0.2) is 4.68 Å². The minimum absolute atomic E-state index is 0.0457. The topological polar surface area (TPSA) is 97.0 Å². The molecule has 2 aliphatic rings. The molecule has 2 N–H and O–H groups in total. The van der Waals surface area contributed by atoms with Crippen LogP contribution in [-0.2, 0) is 9.47 Å². The van der Waals surface area contributed by atoms with Crippen molar-refractivity contribution in [1.82, 2.24) is 20.3 Å². The second-order valence-corrected chi connectivity index (χ2v) is 7.92. The fourth-order valence-corrected chi connectivity index (χ4v) is 4.28. The number of anilines is 1. The van der Waals surface area contributed by atoms with E-state index in [1.807, 2.05) is 53.3 Å². The zero-order valence-corrected chi connectivity index (χ0v) is 17.3. The van der Waals surface area contributed by atoms with Crippen molar-refractivity contribution in [1.29, 1.82) is 5.26 Å². The number of ether oxygens (including phenoxy) is 2. The Hall–Kier alpha value is -3.32. The largest absolute Gasteiger partial charge is 0.371 e. The normalized spacial score (nSPS) is 24.4. The summed E-state index contributed by atoms with van der Waals surface area (Å²) in [6.45, 7) is 0.974. The smallest absolute Gasteiger partial charge is 0.171 e. The summed E-state index contributed by atoms with van der Waals surface area (Å²) in [7, 11) is 0. The Balaban J connectivity index is 1.22. The van der Waals surface area contributed by atoms with Gasteiger partial charge in [-0.2, -0.15) is 5.26 Å². The van der Waals surface area contributed by atoms with Gasteiger partial charge in [0.2, 0.25) is 0 Å². The van der Waals surface area contributed by atoms with Gasteiger partial charge in [-0.15, -0.1) is 5.10 Å². The summed E-state index contributed by atoms with van der Waals surface area (Å²) in [6, 6.07) is 19.1. The highest BCUT2D eigenvalue weighted by atomic mass is 32.1. The molecule has 0 saturated carbocycles. The van der Waals surface area contributed by atoms with E-state index in [0.717, 1.165) is 16.9 Å². The van der Waals surface area contributed by atoms with Crippen LogP contribution in [0, 0.1) is 11.3 Å². The quantitative estimate of drug-likeness (QED) is 0.607. The summed E-state index contributed by atoms with van der Waals surface area (Å²) < 4.78 is 13.9. The van der Waals surface area contributed by atoms with Crippen molar-refractivity contribution in [2.75, 3.05) is 18.5 Å². The molecule has 0 aliphatic carbocycles. The van der Waals surface area contributed by atoms with Gasteiger partial charge in [-0.05, 0) is 30.4 Å². The molecular weight excluding hydrogens is 412 g/mol. The predicted molar refractivity (Wildman–Crippen MR) is 118 cm³/mol. The van der Waals surface area contributed by atoms with Crippen LogP contribution in [0.15, 0.2) is 60.8 Å². The van der Waals surface area contributed by atoms with Gasteiger partial charge < -0.3 is 20.1 Å². The number of nitrogens with one attached hydrogen (secondary N) is 2. The number of hydrogen-bond acceptors (Lipinski definition) is 6. The molecular formula is C22H20N6O2S. The van der Waals surface area contributed by atoms with Gasteiger partial charge in [0, 0.05) is 11.3 Å². The van der Waals surface area contributed by atoms with E-state index in [1.165, 1.54) is 0 Å². The molecule has 31 heavy (non-hydrogen) atoms. The molecule has 5 rings (SSSR count). The maximum absolute atomic E-state index is 9.04. The third-order valence-corrected chi connectivity index (χ3v) is 5.73. The van der Waals surface area contributed by atoms with Crippen LogP contribution >= 0.6 is 12.2 Å². The van der Waals surface area contributed by atoms with Crippen LogP contribution in [0.1, 0.15) is 11.6 Å². The molecule has 156 valence electrons. The van der Waals surface area contributed by atoms with E-state index in [2.05, 4.69) is 27.0 Å². The number of aromatic nitrogens is 3. The lowest BCUT2D eigenvalue weighted by Gasteiger charge is -2.20. The van der Waals surface area contributed by atoms with Gasteiger partial charge in [0.15, 0.2) is 5.11 Å². The Morgan fingerprint density at radius 3 is 2.77 bits per heavy atom. The second-order valence-electron chi connectivity index (χ2n) is 7.51. The second kappa shape index (κ2) is 8.43. The molecule has 2 aliphatic heterocycles. The lowest BCUT2D eigenvalue weighted by molar-refractivity contribution is 0.0624.